The lowest BCUT2D eigenvalue weighted by Gasteiger charge is -2.19. The molecule has 7 nitrogen and oxygen atoms in total. The highest BCUT2D eigenvalue weighted by Crippen LogP contribution is 2.33. The predicted octanol–water partition coefficient (Wildman–Crippen LogP) is 3.90. The zero-order valence-electron chi connectivity index (χ0n) is 14.1. The van der Waals surface area contributed by atoms with Crippen LogP contribution in [0.2, 0.25) is 5.02 Å². The van der Waals surface area contributed by atoms with E-state index in [-0.39, 0.29) is 11.6 Å². The first kappa shape index (κ1) is 17.1. The molecule has 0 fully saturated rings. The van der Waals surface area contributed by atoms with Gasteiger partial charge in [0.1, 0.15) is 24.7 Å². The molecule has 0 saturated carbocycles. The molecule has 2 aromatic carbocycles. The van der Waals surface area contributed by atoms with Crippen molar-refractivity contribution in [3.05, 3.63) is 65.6 Å². The van der Waals surface area contributed by atoms with Gasteiger partial charge in [0, 0.05) is 22.5 Å². The molecule has 0 radical (unpaired) electrons. The number of hydrogen-bond acceptors (Lipinski definition) is 6. The monoisotopic (exact) mass is 382 g/mol. The Kier molecular flexibility index (Phi) is 4.76. The van der Waals surface area contributed by atoms with Gasteiger partial charge >= 0.3 is 0 Å². The fourth-order valence-corrected chi connectivity index (χ4v) is 2.73. The van der Waals surface area contributed by atoms with Crippen molar-refractivity contribution in [1.29, 1.82) is 0 Å². The number of ether oxygens (including phenoxy) is 2. The Morgan fingerprint density at radius 1 is 0.963 bits per heavy atom. The summed E-state index contributed by atoms with van der Waals surface area (Å²) in [6, 6.07) is 12.4. The predicted molar refractivity (Wildman–Crippen MR) is 102 cm³/mol. The van der Waals surface area contributed by atoms with Crippen molar-refractivity contribution in [2.75, 3.05) is 23.8 Å². The summed E-state index contributed by atoms with van der Waals surface area (Å²) in [7, 11) is 0. The fraction of sp³-hybridized carbons (Fsp3) is 0.105. The number of amides is 1. The van der Waals surface area contributed by atoms with Crippen LogP contribution in [-0.2, 0) is 0 Å². The van der Waals surface area contributed by atoms with Crippen LogP contribution in [0.15, 0.2) is 54.9 Å². The van der Waals surface area contributed by atoms with Crippen molar-refractivity contribution in [3.63, 3.8) is 0 Å². The zero-order valence-corrected chi connectivity index (χ0v) is 14.9. The van der Waals surface area contributed by atoms with E-state index in [1.165, 1.54) is 12.4 Å². The topological polar surface area (TPSA) is 85.4 Å². The van der Waals surface area contributed by atoms with Gasteiger partial charge in [0.15, 0.2) is 11.5 Å². The van der Waals surface area contributed by atoms with E-state index in [4.69, 9.17) is 21.1 Å². The molecule has 2 heterocycles. The van der Waals surface area contributed by atoms with Crippen LogP contribution in [0.5, 0.6) is 11.5 Å². The molecule has 0 aliphatic carbocycles. The van der Waals surface area contributed by atoms with Crippen LogP contribution >= 0.6 is 11.6 Å². The first-order valence-electron chi connectivity index (χ1n) is 8.23. The van der Waals surface area contributed by atoms with Crippen molar-refractivity contribution in [2.45, 2.75) is 0 Å². The van der Waals surface area contributed by atoms with Gasteiger partial charge < -0.3 is 20.1 Å². The van der Waals surface area contributed by atoms with Crippen molar-refractivity contribution in [3.8, 4) is 11.5 Å². The van der Waals surface area contributed by atoms with E-state index in [0.29, 0.717) is 41.2 Å². The van der Waals surface area contributed by atoms with Crippen molar-refractivity contribution < 1.29 is 14.3 Å². The summed E-state index contributed by atoms with van der Waals surface area (Å²) in [6.07, 6.45) is 2.89. The van der Waals surface area contributed by atoms with Crippen LogP contribution in [0.4, 0.5) is 17.2 Å². The largest absolute Gasteiger partial charge is 0.486 e. The molecule has 0 unspecified atom stereocenters. The number of rotatable bonds is 4. The molecule has 0 saturated heterocycles. The van der Waals surface area contributed by atoms with E-state index in [0.717, 1.165) is 5.69 Å². The molecule has 4 rings (SSSR count). The lowest BCUT2D eigenvalue weighted by atomic mass is 10.2. The number of halogens is 1. The van der Waals surface area contributed by atoms with Gasteiger partial charge in [-0.25, -0.2) is 9.97 Å². The number of carbonyl (C=O) groups is 1. The van der Waals surface area contributed by atoms with E-state index in [1.807, 2.05) is 18.2 Å². The molecule has 27 heavy (non-hydrogen) atoms. The molecule has 1 aliphatic heterocycles. The third-order valence-corrected chi connectivity index (χ3v) is 4.02. The fourth-order valence-electron chi connectivity index (χ4n) is 2.54. The summed E-state index contributed by atoms with van der Waals surface area (Å²) in [5, 5.41) is 6.38. The lowest BCUT2D eigenvalue weighted by molar-refractivity contribution is 0.102. The average Bonchev–Trinajstić information content (AvgIpc) is 2.68. The van der Waals surface area contributed by atoms with Crippen LogP contribution in [0.3, 0.4) is 0 Å². The Morgan fingerprint density at radius 3 is 2.59 bits per heavy atom. The summed E-state index contributed by atoms with van der Waals surface area (Å²) >= 11 is 5.91. The van der Waals surface area contributed by atoms with E-state index < -0.39 is 0 Å². The molecule has 1 aromatic heterocycles. The van der Waals surface area contributed by atoms with Gasteiger partial charge in [0.25, 0.3) is 5.91 Å². The third-order valence-electron chi connectivity index (χ3n) is 3.78. The maximum Gasteiger partial charge on any atom is 0.275 e. The summed E-state index contributed by atoms with van der Waals surface area (Å²) < 4.78 is 11.0. The highest BCUT2D eigenvalue weighted by molar-refractivity contribution is 6.30. The Balaban J connectivity index is 1.43. The number of aromatic nitrogens is 2. The smallest absolute Gasteiger partial charge is 0.275 e. The second kappa shape index (κ2) is 7.51. The lowest BCUT2D eigenvalue weighted by Crippen LogP contribution is -2.15. The third kappa shape index (κ3) is 4.09. The van der Waals surface area contributed by atoms with Crippen molar-refractivity contribution in [2.24, 2.45) is 0 Å². The molecule has 1 amide bonds. The minimum Gasteiger partial charge on any atom is -0.486 e. The van der Waals surface area contributed by atoms with E-state index in [1.54, 1.807) is 24.3 Å². The molecular weight excluding hydrogens is 368 g/mol. The number of fused-ring (bicyclic) bond motifs is 1. The van der Waals surface area contributed by atoms with Crippen LogP contribution in [0.1, 0.15) is 10.5 Å². The zero-order chi connectivity index (χ0) is 18.6. The number of hydrogen-bond donors (Lipinski definition) is 2. The van der Waals surface area contributed by atoms with Crippen LogP contribution in [-0.4, -0.2) is 29.1 Å². The summed E-state index contributed by atoms with van der Waals surface area (Å²) in [4.78, 5) is 20.6. The van der Waals surface area contributed by atoms with Crippen LogP contribution < -0.4 is 20.1 Å². The van der Waals surface area contributed by atoms with Gasteiger partial charge in [-0.2, -0.15) is 0 Å². The maximum absolute atomic E-state index is 12.2. The van der Waals surface area contributed by atoms with Gasteiger partial charge in [-0.1, -0.05) is 17.7 Å². The Hall–Kier alpha value is -3.32. The normalized spacial score (nSPS) is 12.3. The number of nitrogens with one attached hydrogen (secondary N) is 2. The SMILES string of the molecule is O=C(Nc1cccc(Cl)c1)c1cnc(Nc2ccc3c(c2)OCCO3)cn1. The van der Waals surface area contributed by atoms with Crippen LogP contribution in [0, 0.1) is 0 Å². The number of nitrogens with zero attached hydrogens (tertiary/aromatic N) is 2. The first-order chi connectivity index (χ1) is 13.2. The molecule has 3 aromatic rings. The summed E-state index contributed by atoms with van der Waals surface area (Å²) in [5.74, 6) is 1.53. The quantitative estimate of drug-likeness (QED) is 0.711. The molecule has 0 atom stereocenters. The molecule has 1 aliphatic rings. The van der Waals surface area contributed by atoms with E-state index >= 15 is 0 Å². The van der Waals surface area contributed by atoms with Gasteiger partial charge in [-0.15, -0.1) is 0 Å². The Morgan fingerprint density at radius 2 is 1.81 bits per heavy atom. The Bertz CT molecular complexity index is 979. The minimum absolute atomic E-state index is 0.197. The van der Waals surface area contributed by atoms with Gasteiger partial charge in [0.2, 0.25) is 0 Å². The second-order valence-electron chi connectivity index (χ2n) is 5.73. The van der Waals surface area contributed by atoms with E-state index in [9.17, 15) is 4.79 Å². The van der Waals surface area contributed by atoms with Crippen LogP contribution in [0.25, 0.3) is 0 Å². The van der Waals surface area contributed by atoms with Crippen molar-refractivity contribution >= 4 is 34.7 Å². The standard InChI is InChI=1S/C19H15ClN4O3/c20-12-2-1-3-13(8-12)24-19(25)15-10-22-18(11-21-15)23-14-4-5-16-17(9-14)27-7-6-26-16/h1-5,8-11H,6-7H2,(H,22,23)(H,24,25). The van der Waals surface area contributed by atoms with Crippen molar-refractivity contribution in [1.82, 2.24) is 9.97 Å². The summed E-state index contributed by atoms with van der Waals surface area (Å²) in [5.41, 5.74) is 1.57. The average molecular weight is 383 g/mol. The first-order valence-corrected chi connectivity index (χ1v) is 8.61. The number of anilines is 3. The van der Waals surface area contributed by atoms with Gasteiger partial charge in [-0.05, 0) is 30.3 Å². The summed E-state index contributed by atoms with van der Waals surface area (Å²) in [6.45, 7) is 1.07. The Labute approximate surface area is 160 Å². The van der Waals surface area contributed by atoms with E-state index in [2.05, 4.69) is 20.6 Å². The maximum atomic E-state index is 12.2. The van der Waals surface area contributed by atoms with Gasteiger partial charge in [0.05, 0.1) is 12.4 Å². The molecule has 0 bridgehead atoms. The highest BCUT2D eigenvalue weighted by atomic mass is 35.5. The highest BCUT2D eigenvalue weighted by Gasteiger charge is 2.13. The molecule has 136 valence electrons. The van der Waals surface area contributed by atoms with Gasteiger partial charge in [-0.3, -0.25) is 4.79 Å². The molecule has 0 spiro atoms. The second-order valence-corrected chi connectivity index (χ2v) is 6.17. The number of carbonyl (C=O) groups excluding carboxylic acids is 1. The number of benzene rings is 2. The molecule has 8 heteroatoms. The molecule has 2 N–H and O–H groups in total. The molecular formula is C19H15ClN4O3. The minimum atomic E-state index is -0.365.